The van der Waals surface area contributed by atoms with Crippen LogP contribution in [0.15, 0.2) is 35.1 Å². The van der Waals surface area contributed by atoms with Crippen molar-refractivity contribution in [1.82, 2.24) is 24.8 Å². The van der Waals surface area contributed by atoms with Crippen molar-refractivity contribution in [1.29, 1.82) is 0 Å². The Morgan fingerprint density at radius 3 is 2.72 bits per heavy atom. The lowest BCUT2D eigenvalue weighted by Crippen LogP contribution is -2.50. The summed E-state index contributed by atoms with van der Waals surface area (Å²) in [5.74, 6) is -1.63. The van der Waals surface area contributed by atoms with Crippen LogP contribution in [0.2, 0.25) is 0 Å². The first kappa shape index (κ1) is 21.8. The number of carbonyl (C=O) groups excluding carboxylic acids is 2. The van der Waals surface area contributed by atoms with Crippen LogP contribution in [0, 0.1) is 10.6 Å². The highest BCUT2D eigenvalue weighted by Crippen LogP contribution is 2.22. The maximum Gasteiger partial charge on any atom is 0.326 e. The number of hydrogen-bond acceptors (Lipinski definition) is 6. The number of aromatic amines is 1. The van der Waals surface area contributed by atoms with E-state index in [9.17, 15) is 18.8 Å². The second-order valence-corrected chi connectivity index (χ2v) is 7.90. The molecule has 11 heteroatoms. The van der Waals surface area contributed by atoms with E-state index in [1.54, 1.807) is 7.05 Å². The fourth-order valence-electron chi connectivity index (χ4n) is 3.70. The largest absolute Gasteiger partial charge is 0.354 e. The average molecular weight is 457 g/mol. The Morgan fingerprint density at radius 2 is 2.03 bits per heavy atom. The quantitative estimate of drug-likeness (QED) is 0.454. The Morgan fingerprint density at radius 1 is 1.25 bits per heavy atom. The molecule has 0 radical (unpaired) electrons. The Hall–Kier alpha value is -3.44. The van der Waals surface area contributed by atoms with Crippen LogP contribution in [0.1, 0.15) is 16.1 Å². The molecule has 0 aliphatic carbocycles. The Balaban J connectivity index is 1.49. The van der Waals surface area contributed by atoms with Crippen LogP contribution < -0.4 is 15.9 Å². The van der Waals surface area contributed by atoms with Gasteiger partial charge in [0.25, 0.3) is 5.91 Å². The maximum atomic E-state index is 14.5. The highest BCUT2D eigenvalue weighted by molar-refractivity contribution is 7.71. The van der Waals surface area contributed by atoms with Crippen LogP contribution in [0.5, 0.6) is 0 Å². The maximum absolute atomic E-state index is 14.5. The summed E-state index contributed by atoms with van der Waals surface area (Å²) >= 11 is 5.33. The van der Waals surface area contributed by atoms with E-state index in [4.69, 9.17) is 12.2 Å². The van der Waals surface area contributed by atoms with Crippen LogP contribution in [0.3, 0.4) is 0 Å². The Labute approximate surface area is 187 Å². The standard InChI is InChI=1S/C21H21FN6O3S/c1-23-19(30)14-5-6-16(18(22)24-14)28-8-7-27(11-17(28)29)10-12-3-4-13-15(9-12)25-21(31)26(2)20(13)32/h3-6,9H,7-8,10-11H2,1-2H3,(H,23,30)(H,25,31). The molecule has 2 amide bonds. The second-order valence-electron chi connectivity index (χ2n) is 7.52. The Bertz CT molecular complexity index is 1350. The number of benzene rings is 1. The number of carbonyl (C=O) groups is 2. The number of nitrogens with zero attached hydrogens (tertiary/aromatic N) is 4. The minimum absolute atomic E-state index is 0.0509. The minimum Gasteiger partial charge on any atom is -0.354 e. The van der Waals surface area contributed by atoms with Gasteiger partial charge in [0.05, 0.1) is 17.7 Å². The predicted octanol–water partition coefficient (Wildman–Crippen LogP) is 1.34. The summed E-state index contributed by atoms with van der Waals surface area (Å²) in [6.07, 6.45) is 0. The number of hydrogen-bond donors (Lipinski definition) is 2. The van der Waals surface area contributed by atoms with Crippen molar-refractivity contribution in [3.05, 3.63) is 62.7 Å². The number of rotatable bonds is 4. The van der Waals surface area contributed by atoms with Crippen molar-refractivity contribution in [2.75, 3.05) is 31.6 Å². The SMILES string of the molecule is CNC(=O)c1ccc(N2CCN(Cc3ccc4c(=S)n(C)c(=O)[nH]c4c3)CC2=O)c(F)n1. The van der Waals surface area contributed by atoms with Gasteiger partial charge in [-0.25, -0.2) is 9.78 Å². The van der Waals surface area contributed by atoms with E-state index in [1.807, 2.05) is 23.1 Å². The molecule has 1 aliphatic rings. The van der Waals surface area contributed by atoms with E-state index in [-0.39, 0.29) is 36.1 Å². The zero-order valence-corrected chi connectivity index (χ0v) is 18.3. The lowest BCUT2D eigenvalue weighted by atomic mass is 10.1. The Kier molecular flexibility index (Phi) is 5.85. The van der Waals surface area contributed by atoms with Gasteiger partial charge in [-0.15, -0.1) is 0 Å². The molecule has 32 heavy (non-hydrogen) atoms. The molecule has 0 atom stereocenters. The van der Waals surface area contributed by atoms with Crippen molar-refractivity contribution >= 4 is 40.6 Å². The third-order valence-corrected chi connectivity index (χ3v) is 5.94. The predicted molar refractivity (Wildman–Crippen MR) is 120 cm³/mol. The van der Waals surface area contributed by atoms with Crippen molar-refractivity contribution in [2.45, 2.75) is 6.54 Å². The van der Waals surface area contributed by atoms with Crippen LogP contribution in [0.4, 0.5) is 10.1 Å². The van der Waals surface area contributed by atoms with Crippen LogP contribution in [-0.2, 0) is 18.4 Å². The number of piperazine rings is 1. The lowest BCUT2D eigenvalue weighted by molar-refractivity contribution is -0.121. The molecule has 1 aliphatic heterocycles. The summed E-state index contributed by atoms with van der Waals surface area (Å²) in [7, 11) is 3.05. The smallest absolute Gasteiger partial charge is 0.326 e. The van der Waals surface area contributed by atoms with Gasteiger partial charge in [0.1, 0.15) is 10.3 Å². The molecule has 3 heterocycles. The van der Waals surface area contributed by atoms with Gasteiger partial charge in [0.2, 0.25) is 11.9 Å². The molecule has 0 spiro atoms. The van der Waals surface area contributed by atoms with Gasteiger partial charge in [-0.3, -0.25) is 19.1 Å². The molecule has 3 aromatic rings. The molecule has 2 N–H and O–H groups in total. The van der Waals surface area contributed by atoms with Gasteiger partial charge < -0.3 is 15.2 Å². The third kappa shape index (κ3) is 4.04. The summed E-state index contributed by atoms with van der Waals surface area (Å²) in [6.45, 7) is 1.39. The summed E-state index contributed by atoms with van der Waals surface area (Å²) in [5, 5.41) is 3.16. The fraction of sp³-hybridized carbons (Fsp3) is 0.286. The van der Waals surface area contributed by atoms with Crippen molar-refractivity contribution in [3.8, 4) is 0 Å². The van der Waals surface area contributed by atoms with Gasteiger partial charge in [-0.05, 0) is 29.8 Å². The molecule has 166 valence electrons. The molecule has 4 rings (SSSR count). The molecule has 1 fully saturated rings. The first-order valence-electron chi connectivity index (χ1n) is 9.92. The van der Waals surface area contributed by atoms with E-state index in [0.717, 1.165) is 10.9 Å². The zero-order valence-electron chi connectivity index (χ0n) is 17.5. The number of H-pyrrole nitrogens is 1. The van der Waals surface area contributed by atoms with E-state index in [2.05, 4.69) is 15.3 Å². The first-order chi connectivity index (χ1) is 15.3. The van der Waals surface area contributed by atoms with E-state index < -0.39 is 11.9 Å². The van der Waals surface area contributed by atoms with Crippen molar-refractivity contribution in [3.63, 3.8) is 0 Å². The lowest BCUT2D eigenvalue weighted by Gasteiger charge is -2.34. The number of amides is 2. The second kappa shape index (κ2) is 8.60. The number of nitrogens with one attached hydrogen (secondary N) is 2. The average Bonchev–Trinajstić information content (AvgIpc) is 2.77. The zero-order chi connectivity index (χ0) is 23.0. The summed E-state index contributed by atoms with van der Waals surface area (Å²) in [5.41, 5.74) is 1.27. The number of fused-ring (bicyclic) bond motifs is 1. The highest BCUT2D eigenvalue weighted by atomic mass is 32.1. The van der Waals surface area contributed by atoms with E-state index in [0.29, 0.717) is 23.2 Å². The number of halogens is 1. The molecular formula is C21H21FN6O3S. The van der Waals surface area contributed by atoms with E-state index in [1.165, 1.54) is 28.6 Å². The van der Waals surface area contributed by atoms with E-state index >= 15 is 0 Å². The normalized spacial score (nSPS) is 14.7. The van der Waals surface area contributed by atoms with Crippen molar-refractivity contribution in [2.24, 2.45) is 7.05 Å². The van der Waals surface area contributed by atoms with Crippen molar-refractivity contribution < 1.29 is 14.0 Å². The molecule has 1 aromatic carbocycles. The highest BCUT2D eigenvalue weighted by Gasteiger charge is 2.28. The van der Waals surface area contributed by atoms with Gasteiger partial charge >= 0.3 is 5.69 Å². The molecule has 0 bridgehead atoms. The van der Waals surface area contributed by atoms with Crippen LogP contribution >= 0.6 is 12.2 Å². The molecule has 1 saturated heterocycles. The molecule has 2 aromatic heterocycles. The molecule has 0 unspecified atom stereocenters. The number of pyridine rings is 1. The monoisotopic (exact) mass is 456 g/mol. The van der Waals surface area contributed by atoms with Gasteiger partial charge in [0.15, 0.2) is 0 Å². The summed E-state index contributed by atoms with van der Waals surface area (Å²) in [6, 6.07) is 8.40. The van der Waals surface area contributed by atoms with Crippen LogP contribution in [0.25, 0.3) is 10.9 Å². The molecule has 9 nitrogen and oxygen atoms in total. The van der Waals surface area contributed by atoms with Gasteiger partial charge in [-0.1, -0.05) is 18.3 Å². The number of anilines is 1. The topological polar surface area (TPSA) is 103 Å². The van der Waals surface area contributed by atoms with Gasteiger partial charge in [0, 0.05) is 39.1 Å². The molecular weight excluding hydrogens is 435 g/mol. The number of aromatic nitrogens is 3. The molecule has 0 saturated carbocycles. The summed E-state index contributed by atoms with van der Waals surface area (Å²) in [4.78, 5) is 46.1. The fourth-order valence-corrected chi connectivity index (χ4v) is 3.97. The first-order valence-corrected chi connectivity index (χ1v) is 10.3. The minimum atomic E-state index is -0.862. The van der Waals surface area contributed by atoms with Crippen LogP contribution in [-0.4, -0.2) is 57.9 Å². The third-order valence-electron chi connectivity index (χ3n) is 5.45. The van der Waals surface area contributed by atoms with Gasteiger partial charge in [-0.2, -0.15) is 4.39 Å². The summed E-state index contributed by atoms with van der Waals surface area (Å²) < 4.78 is 16.3.